The number of carbonyl (C=O) groups is 1. The molecule has 17 heavy (non-hydrogen) atoms. The first-order chi connectivity index (χ1) is 8.13. The van der Waals surface area contributed by atoms with Crippen LogP contribution in [0, 0.1) is 0 Å². The Morgan fingerprint density at radius 1 is 1.53 bits per heavy atom. The normalized spacial score (nSPS) is 18.7. The summed E-state index contributed by atoms with van der Waals surface area (Å²) in [6.45, 7) is 7.39. The number of rotatable bonds is 6. The number of aliphatic hydroxyl groups excluding tert-OH is 1. The van der Waals surface area contributed by atoms with Crippen LogP contribution in [0.5, 0.6) is 0 Å². The Labute approximate surface area is 102 Å². The fourth-order valence-electron chi connectivity index (χ4n) is 1.75. The Balaban J connectivity index is 2.41. The van der Waals surface area contributed by atoms with Crippen LogP contribution in [0.15, 0.2) is 12.2 Å². The average molecular weight is 243 g/mol. The second-order valence-corrected chi connectivity index (χ2v) is 4.23. The molecule has 0 spiro atoms. The number of hydrogen-bond acceptors (Lipinski definition) is 5. The highest BCUT2D eigenvalue weighted by Gasteiger charge is 2.31. The van der Waals surface area contributed by atoms with Crippen LogP contribution < -0.4 is 5.32 Å². The quantitative estimate of drug-likeness (QED) is 0.516. The number of aliphatic hydroxyl groups is 1. The van der Waals surface area contributed by atoms with Crippen LogP contribution in [0.25, 0.3) is 0 Å². The second-order valence-electron chi connectivity index (χ2n) is 4.23. The van der Waals surface area contributed by atoms with Gasteiger partial charge in [0.05, 0.1) is 13.2 Å². The Bertz CT molecular complexity index is 272. The van der Waals surface area contributed by atoms with Gasteiger partial charge in [-0.05, 0) is 19.8 Å². The van der Waals surface area contributed by atoms with Crippen LogP contribution in [-0.2, 0) is 14.3 Å². The summed E-state index contributed by atoms with van der Waals surface area (Å²) in [6, 6.07) is 0. The number of ether oxygens (including phenoxy) is 2. The molecule has 1 aliphatic heterocycles. The van der Waals surface area contributed by atoms with Crippen molar-refractivity contribution in [2.45, 2.75) is 25.3 Å². The van der Waals surface area contributed by atoms with Gasteiger partial charge in [0.2, 0.25) is 0 Å². The monoisotopic (exact) mass is 243 g/mol. The zero-order valence-corrected chi connectivity index (χ0v) is 10.3. The summed E-state index contributed by atoms with van der Waals surface area (Å²) >= 11 is 0. The lowest BCUT2D eigenvalue weighted by Crippen LogP contribution is -2.53. The molecule has 5 nitrogen and oxygen atoms in total. The fraction of sp³-hybridized carbons (Fsp3) is 0.750. The SMILES string of the molecule is C=C(CNC1(CO)CCOCC1)C(=O)OCC. The predicted octanol–water partition coefficient (Wildman–Crippen LogP) is 0.237. The van der Waals surface area contributed by atoms with Crippen LogP contribution in [0.2, 0.25) is 0 Å². The van der Waals surface area contributed by atoms with E-state index in [4.69, 9.17) is 9.47 Å². The third kappa shape index (κ3) is 4.11. The third-order valence-electron chi connectivity index (χ3n) is 2.99. The first-order valence-electron chi connectivity index (χ1n) is 5.92. The van der Waals surface area contributed by atoms with E-state index < -0.39 is 0 Å². The molecule has 0 radical (unpaired) electrons. The molecule has 0 aromatic rings. The molecule has 0 bridgehead atoms. The Kier molecular flexibility index (Phi) is 5.61. The van der Waals surface area contributed by atoms with Crippen molar-refractivity contribution in [3.8, 4) is 0 Å². The molecule has 0 saturated carbocycles. The summed E-state index contributed by atoms with van der Waals surface area (Å²) in [5, 5.41) is 12.6. The molecule has 1 rings (SSSR count). The van der Waals surface area contributed by atoms with Gasteiger partial charge in [-0.25, -0.2) is 4.79 Å². The molecule has 0 aromatic heterocycles. The molecule has 0 aliphatic carbocycles. The second kappa shape index (κ2) is 6.74. The lowest BCUT2D eigenvalue weighted by atomic mass is 9.91. The van der Waals surface area contributed by atoms with E-state index >= 15 is 0 Å². The van der Waals surface area contributed by atoms with Gasteiger partial charge in [-0.3, -0.25) is 0 Å². The summed E-state index contributed by atoms with van der Waals surface area (Å²) < 4.78 is 10.1. The largest absolute Gasteiger partial charge is 0.463 e. The van der Waals surface area contributed by atoms with E-state index in [-0.39, 0.29) is 18.1 Å². The summed E-state index contributed by atoms with van der Waals surface area (Å²) in [7, 11) is 0. The molecule has 0 unspecified atom stereocenters. The lowest BCUT2D eigenvalue weighted by Gasteiger charge is -2.36. The highest BCUT2D eigenvalue weighted by Crippen LogP contribution is 2.20. The molecule has 5 heteroatoms. The van der Waals surface area contributed by atoms with E-state index in [1.807, 2.05) is 0 Å². The summed E-state index contributed by atoms with van der Waals surface area (Å²) in [5.74, 6) is -0.389. The molecule has 1 saturated heterocycles. The number of nitrogens with one attached hydrogen (secondary N) is 1. The van der Waals surface area contributed by atoms with Gasteiger partial charge in [-0.2, -0.15) is 0 Å². The Morgan fingerprint density at radius 3 is 2.71 bits per heavy atom. The van der Waals surface area contributed by atoms with E-state index in [1.54, 1.807) is 6.92 Å². The van der Waals surface area contributed by atoms with Gasteiger partial charge in [-0.15, -0.1) is 0 Å². The van der Waals surface area contributed by atoms with Crippen LogP contribution >= 0.6 is 0 Å². The van der Waals surface area contributed by atoms with Crippen molar-refractivity contribution in [2.75, 3.05) is 33.0 Å². The van der Waals surface area contributed by atoms with E-state index in [1.165, 1.54) is 0 Å². The van der Waals surface area contributed by atoms with Gasteiger partial charge >= 0.3 is 5.97 Å². The lowest BCUT2D eigenvalue weighted by molar-refractivity contribution is -0.138. The van der Waals surface area contributed by atoms with Crippen LogP contribution in [-0.4, -0.2) is 49.6 Å². The van der Waals surface area contributed by atoms with Crippen molar-refractivity contribution in [2.24, 2.45) is 0 Å². The van der Waals surface area contributed by atoms with Crippen molar-refractivity contribution in [3.63, 3.8) is 0 Å². The van der Waals surface area contributed by atoms with E-state index in [0.29, 0.717) is 31.9 Å². The first-order valence-corrected chi connectivity index (χ1v) is 5.92. The fourth-order valence-corrected chi connectivity index (χ4v) is 1.75. The number of carbonyl (C=O) groups excluding carboxylic acids is 1. The zero-order valence-electron chi connectivity index (χ0n) is 10.3. The van der Waals surface area contributed by atoms with Gasteiger partial charge in [0.15, 0.2) is 0 Å². The molecule has 1 heterocycles. The summed E-state index contributed by atoms with van der Waals surface area (Å²) in [6.07, 6.45) is 1.47. The standard InChI is InChI=1S/C12H21NO4/c1-3-17-11(15)10(2)8-13-12(9-14)4-6-16-7-5-12/h13-14H,2-9H2,1H3. The van der Waals surface area contributed by atoms with Crippen molar-refractivity contribution in [1.82, 2.24) is 5.32 Å². The zero-order chi connectivity index (χ0) is 12.7. The molecule has 0 aromatic carbocycles. The topological polar surface area (TPSA) is 67.8 Å². The maximum atomic E-state index is 11.4. The molecule has 98 valence electrons. The van der Waals surface area contributed by atoms with E-state index in [9.17, 15) is 9.90 Å². The Hall–Kier alpha value is -0.910. The highest BCUT2D eigenvalue weighted by molar-refractivity contribution is 5.88. The maximum Gasteiger partial charge on any atom is 0.334 e. The van der Waals surface area contributed by atoms with E-state index in [0.717, 1.165) is 12.8 Å². The van der Waals surface area contributed by atoms with Gasteiger partial charge in [0, 0.05) is 30.9 Å². The number of hydrogen-bond donors (Lipinski definition) is 2. The number of esters is 1. The molecule has 0 amide bonds. The molecule has 2 N–H and O–H groups in total. The highest BCUT2D eigenvalue weighted by atomic mass is 16.5. The van der Waals surface area contributed by atoms with Crippen LogP contribution in [0.3, 0.4) is 0 Å². The van der Waals surface area contributed by atoms with Crippen molar-refractivity contribution < 1.29 is 19.4 Å². The molecule has 1 fully saturated rings. The minimum atomic E-state index is -0.389. The molecule has 0 atom stereocenters. The predicted molar refractivity (Wildman–Crippen MR) is 63.6 cm³/mol. The maximum absolute atomic E-state index is 11.4. The van der Waals surface area contributed by atoms with Crippen molar-refractivity contribution in [3.05, 3.63) is 12.2 Å². The van der Waals surface area contributed by atoms with Crippen molar-refractivity contribution in [1.29, 1.82) is 0 Å². The van der Waals surface area contributed by atoms with Gasteiger partial charge < -0.3 is 19.9 Å². The van der Waals surface area contributed by atoms with Crippen LogP contribution in [0.4, 0.5) is 0 Å². The smallest absolute Gasteiger partial charge is 0.334 e. The molecule has 1 aliphatic rings. The van der Waals surface area contributed by atoms with Crippen LogP contribution in [0.1, 0.15) is 19.8 Å². The third-order valence-corrected chi connectivity index (χ3v) is 2.99. The van der Waals surface area contributed by atoms with Crippen molar-refractivity contribution >= 4 is 5.97 Å². The average Bonchev–Trinajstić information content (AvgIpc) is 2.37. The molecular formula is C12H21NO4. The summed E-state index contributed by atoms with van der Waals surface area (Å²) in [5.41, 5.74) is 0.0272. The van der Waals surface area contributed by atoms with Gasteiger partial charge in [0.1, 0.15) is 0 Å². The van der Waals surface area contributed by atoms with E-state index in [2.05, 4.69) is 11.9 Å². The van der Waals surface area contributed by atoms with Gasteiger partial charge in [0.25, 0.3) is 0 Å². The minimum Gasteiger partial charge on any atom is -0.463 e. The molecular weight excluding hydrogens is 222 g/mol. The van der Waals surface area contributed by atoms with Gasteiger partial charge in [-0.1, -0.05) is 6.58 Å². The Morgan fingerprint density at radius 2 is 2.18 bits per heavy atom. The minimum absolute atomic E-state index is 0.0342. The summed E-state index contributed by atoms with van der Waals surface area (Å²) in [4.78, 5) is 11.4. The first kappa shape index (κ1) is 14.2.